The molecule has 4 heteroatoms. The maximum Gasteiger partial charge on any atom is 0.245 e. The molecule has 0 spiro atoms. The summed E-state index contributed by atoms with van der Waals surface area (Å²) in [4.78, 5) is 0. The number of hydrogen-bond donors (Lipinski definition) is 0. The second kappa shape index (κ2) is 8.96. The lowest BCUT2D eigenvalue weighted by atomic mass is 10.1. The van der Waals surface area contributed by atoms with Gasteiger partial charge in [-0.15, -0.1) is 0 Å². The summed E-state index contributed by atoms with van der Waals surface area (Å²) >= 11 is 12.2. The van der Waals surface area contributed by atoms with Gasteiger partial charge in [-0.1, -0.05) is 68.7 Å². The summed E-state index contributed by atoms with van der Waals surface area (Å²) in [5.41, 5.74) is 0. The van der Waals surface area contributed by atoms with Crippen LogP contribution < -0.4 is 4.43 Å². The van der Waals surface area contributed by atoms with E-state index in [0.717, 1.165) is 5.75 Å². The first-order valence-electron chi connectivity index (χ1n) is 7.58. The summed E-state index contributed by atoms with van der Waals surface area (Å²) in [6.07, 6.45) is 7.92. The maximum absolute atomic E-state index is 6.16. The van der Waals surface area contributed by atoms with Gasteiger partial charge >= 0.3 is 0 Å². The predicted octanol–water partition coefficient (Wildman–Crippen LogP) is 6.94. The number of hydrogen-bond acceptors (Lipinski definition) is 1. The van der Waals surface area contributed by atoms with Gasteiger partial charge < -0.3 is 4.43 Å². The van der Waals surface area contributed by atoms with Crippen LogP contribution >= 0.6 is 23.2 Å². The molecule has 0 fully saturated rings. The molecule has 1 rings (SSSR count). The van der Waals surface area contributed by atoms with E-state index in [0.29, 0.717) is 10.0 Å². The highest BCUT2D eigenvalue weighted by atomic mass is 35.5. The Morgan fingerprint density at radius 1 is 1.00 bits per heavy atom. The second-order valence-electron chi connectivity index (χ2n) is 5.95. The van der Waals surface area contributed by atoms with Crippen LogP contribution in [0.3, 0.4) is 0 Å². The summed E-state index contributed by atoms with van der Waals surface area (Å²) in [5.74, 6) is 0.738. The van der Waals surface area contributed by atoms with Gasteiger partial charge in [0.15, 0.2) is 0 Å². The third kappa shape index (κ3) is 7.01. The van der Waals surface area contributed by atoms with E-state index in [1.807, 2.05) is 6.07 Å². The Kier molecular flexibility index (Phi) is 8.01. The minimum Gasteiger partial charge on any atom is -0.543 e. The van der Waals surface area contributed by atoms with Crippen LogP contribution in [0.2, 0.25) is 29.2 Å². The van der Waals surface area contributed by atoms with Gasteiger partial charge in [-0.05, 0) is 37.3 Å². The first-order chi connectivity index (χ1) is 9.44. The Bertz CT molecular complexity index is 407. The lowest BCUT2D eigenvalue weighted by molar-refractivity contribution is 0.536. The fraction of sp³-hybridized carbons (Fsp3) is 0.625. The molecular formula is C16H26Cl2OSi. The number of benzene rings is 1. The molecule has 0 amide bonds. The van der Waals surface area contributed by atoms with E-state index in [9.17, 15) is 0 Å². The molecular weight excluding hydrogens is 307 g/mol. The van der Waals surface area contributed by atoms with Gasteiger partial charge in [0.25, 0.3) is 0 Å². The van der Waals surface area contributed by atoms with Crippen molar-refractivity contribution in [3.05, 3.63) is 28.2 Å². The zero-order valence-electron chi connectivity index (χ0n) is 12.8. The van der Waals surface area contributed by atoms with Crippen LogP contribution in [0, 0.1) is 0 Å². The van der Waals surface area contributed by atoms with E-state index in [2.05, 4.69) is 20.0 Å². The van der Waals surface area contributed by atoms with Crippen molar-refractivity contribution in [2.75, 3.05) is 0 Å². The van der Waals surface area contributed by atoms with E-state index >= 15 is 0 Å². The van der Waals surface area contributed by atoms with Crippen molar-refractivity contribution in [1.29, 1.82) is 0 Å². The minimum atomic E-state index is -1.71. The number of unbranched alkanes of at least 4 members (excludes halogenated alkanes) is 5. The minimum absolute atomic E-state index is 0.651. The molecule has 114 valence electrons. The van der Waals surface area contributed by atoms with Gasteiger partial charge in [-0.2, -0.15) is 0 Å². The average Bonchev–Trinajstić information content (AvgIpc) is 2.38. The molecule has 0 aliphatic rings. The van der Waals surface area contributed by atoms with E-state index in [1.165, 1.54) is 44.6 Å². The smallest absolute Gasteiger partial charge is 0.245 e. The van der Waals surface area contributed by atoms with Gasteiger partial charge in [0.05, 0.1) is 5.02 Å². The predicted molar refractivity (Wildman–Crippen MR) is 92.8 cm³/mol. The van der Waals surface area contributed by atoms with Crippen LogP contribution in [-0.4, -0.2) is 8.32 Å². The molecule has 1 nitrogen and oxygen atoms in total. The molecule has 0 N–H and O–H groups in total. The lowest BCUT2D eigenvalue weighted by Gasteiger charge is -2.25. The molecule has 0 aromatic heterocycles. The molecule has 0 saturated carbocycles. The molecule has 0 heterocycles. The van der Waals surface area contributed by atoms with Crippen molar-refractivity contribution in [3.8, 4) is 5.75 Å². The highest BCUT2D eigenvalue weighted by molar-refractivity contribution is 6.72. The Labute approximate surface area is 134 Å². The van der Waals surface area contributed by atoms with Gasteiger partial charge in [-0.3, -0.25) is 0 Å². The SMILES string of the molecule is CCCCCCCC[Si](C)(C)Oc1cc(Cl)ccc1Cl. The monoisotopic (exact) mass is 332 g/mol. The van der Waals surface area contributed by atoms with Crippen LogP contribution in [0.5, 0.6) is 5.75 Å². The Morgan fingerprint density at radius 3 is 2.35 bits per heavy atom. The first-order valence-corrected chi connectivity index (χ1v) is 11.5. The van der Waals surface area contributed by atoms with Gasteiger partial charge in [0.2, 0.25) is 8.32 Å². The van der Waals surface area contributed by atoms with Crippen molar-refractivity contribution in [2.45, 2.75) is 64.6 Å². The second-order valence-corrected chi connectivity index (χ2v) is 11.0. The Morgan fingerprint density at radius 2 is 1.65 bits per heavy atom. The fourth-order valence-corrected chi connectivity index (χ4v) is 4.59. The van der Waals surface area contributed by atoms with Crippen LogP contribution in [-0.2, 0) is 0 Å². The van der Waals surface area contributed by atoms with Gasteiger partial charge in [-0.25, -0.2) is 0 Å². The molecule has 0 aliphatic heterocycles. The quantitative estimate of drug-likeness (QED) is 0.351. The largest absolute Gasteiger partial charge is 0.543 e. The molecule has 1 aromatic rings. The van der Waals surface area contributed by atoms with Crippen molar-refractivity contribution in [2.24, 2.45) is 0 Å². The van der Waals surface area contributed by atoms with Crippen LogP contribution in [0.4, 0.5) is 0 Å². The van der Waals surface area contributed by atoms with Crippen LogP contribution in [0.1, 0.15) is 45.4 Å². The maximum atomic E-state index is 6.16. The molecule has 0 bridgehead atoms. The lowest BCUT2D eigenvalue weighted by Crippen LogP contribution is -2.33. The van der Waals surface area contributed by atoms with Crippen molar-refractivity contribution < 1.29 is 4.43 Å². The highest BCUT2D eigenvalue weighted by Gasteiger charge is 2.24. The summed E-state index contributed by atoms with van der Waals surface area (Å²) in [6, 6.07) is 6.58. The van der Waals surface area contributed by atoms with Crippen molar-refractivity contribution >= 4 is 31.5 Å². The average molecular weight is 333 g/mol. The summed E-state index contributed by atoms with van der Waals surface area (Å²) in [5, 5.41) is 1.33. The zero-order valence-corrected chi connectivity index (χ0v) is 15.4. The van der Waals surface area contributed by atoms with Crippen molar-refractivity contribution in [3.63, 3.8) is 0 Å². The zero-order chi connectivity index (χ0) is 15.0. The van der Waals surface area contributed by atoms with Gasteiger partial charge in [0.1, 0.15) is 5.75 Å². The third-order valence-corrected chi connectivity index (χ3v) is 6.29. The molecule has 0 saturated heterocycles. The van der Waals surface area contributed by atoms with E-state index in [-0.39, 0.29) is 0 Å². The van der Waals surface area contributed by atoms with E-state index < -0.39 is 8.32 Å². The van der Waals surface area contributed by atoms with Crippen molar-refractivity contribution in [1.82, 2.24) is 0 Å². The topological polar surface area (TPSA) is 9.23 Å². The summed E-state index contributed by atoms with van der Waals surface area (Å²) in [6.45, 7) is 6.74. The molecule has 0 atom stereocenters. The first kappa shape index (κ1) is 17.9. The number of halogens is 2. The normalized spacial score (nSPS) is 11.7. The third-order valence-electron chi connectivity index (χ3n) is 3.41. The number of rotatable bonds is 9. The molecule has 0 radical (unpaired) electrons. The van der Waals surface area contributed by atoms with E-state index in [1.54, 1.807) is 12.1 Å². The fourth-order valence-electron chi connectivity index (χ4n) is 2.24. The van der Waals surface area contributed by atoms with Gasteiger partial charge in [0, 0.05) is 5.02 Å². The van der Waals surface area contributed by atoms with E-state index in [4.69, 9.17) is 27.6 Å². The van der Waals surface area contributed by atoms with Crippen LogP contribution in [0.15, 0.2) is 18.2 Å². The highest BCUT2D eigenvalue weighted by Crippen LogP contribution is 2.31. The molecule has 0 aliphatic carbocycles. The molecule has 20 heavy (non-hydrogen) atoms. The Balaban J connectivity index is 2.38. The summed E-state index contributed by atoms with van der Waals surface area (Å²) < 4.78 is 6.16. The molecule has 1 aromatic carbocycles. The molecule has 0 unspecified atom stereocenters. The summed E-state index contributed by atoms with van der Waals surface area (Å²) in [7, 11) is -1.71. The Hall–Kier alpha value is -0.183. The standard InChI is InChI=1S/C16H26Cl2OSi/c1-4-5-6-7-8-9-12-20(2,3)19-16-13-14(17)10-11-15(16)18/h10-11,13H,4-9,12H2,1-3H3. The van der Waals surface area contributed by atoms with Crippen LogP contribution in [0.25, 0.3) is 0 Å².